The molecule has 0 saturated heterocycles. The van der Waals surface area contributed by atoms with Gasteiger partial charge < -0.3 is 10.1 Å². The first-order chi connectivity index (χ1) is 12.7. The van der Waals surface area contributed by atoms with E-state index in [2.05, 4.69) is 10.3 Å². The molecule has 1 aromatic rings. The Labute approximate surface area is 151 Å². The van der Waals surface area contributed by atoms with Crippen LogP contribution in [0.25, 0.3) is 0 Å². The van der Waals surface area contributed by atoms with Gasteiger partial charge in [0, 0.05) is 29.7 Å². The molecule has 0 aromatic heterocycles. The van der Waals surface area contributed by atoms with E-state index >= 15 is 0 Å². The lowest BCUT2D eigenvalue weighted by molar-refractivity contribution is -0.115. The Hall–Kier alpha value is -3.21. The average Bonchev–Trinajstić information content (AvgIpc) is 2.69. The molecule has 0 spiro atoms. The molecule has 0 bridgehead atoms. The first-order valence-electron chi connectivity index (χ1n) is 8.62. The van der Waals surface area contributed by atoms with Crippen molar-refractivity contribution >= 4 is 17.5 Å². The molecule has 130 valence electrons. The lowest BCUT2D eigenvalue weighted by Gasteiger charge is -2.30. The van der Waals surface area contributed by atoms with Crippen LogP contribution < -0.4 is 5.32 Å². The van der Waals surface area contributed by atoms with Crippen LogP contribution >= 0.6 is 0 Å². The average molecular weight is 346 g/mol. The zero-order chi connectivity index (χ0) is 17.9. The number of hydrogen-bond donors (Lipinski definition) is 1. The second-order valence-corrected chi connectivity index (χ2v) is 6.26. The highest BCUT2D eigenvalue weighted by Crippen LogP contribution is 2.34. The van der Waals surface area contributed by atoms with Gasteiger partial charge in [-0.2, -0.15) is 0 Å². The number of Topliss-reactive ketones (excluding diaryl/α,β-unsaturated/α-hetero) is 1. The lowest BCUT2D eigenvalue weighted by Crippen LogP contribution is -2.37. The Bertz CT molecular complexity index is 904. The van der Waals surface area contributed by atoms with Crippen LogP contribution in [0.15, 0.2) is 82.7 Å². The van der Waals surface area contributed by atoms with Gasteiger partial charge in [0.15, 0.2) is 5.78 Å². The second-order valence-electron chi connectivity index (χ2n) is 6.26. The van der Waals surface area contributed by atoms with Gasteiger partial charge in [0.1, 0.15) is 11.6 Å². The number of allylic oxidation sites excluding steroid dienone is 5. The predicted molar refractivity (Wildman–Crippen MR) is 98.4 cm³/mol. The maximum Gasteiger partial charge on any atom is 0.256 e. The van der Waals surface area contributed by atoms with Crippen LogP contribution in [0.5, 0.6) is 0 Å². The van der Waals surface area contributed by atoms with Crippen molar-refractivity contribution in [1.82, 2.24) is 5.32 Å². The molecule has 1 aromatic carbocycles. The number of ether oxygens (including phenoxy) is 1. The molecule has 2 aliphatic heterocycles. The molecule has 1 amide bonds. The Kier molecular flexibility index (Phi) is 4.35. The van der Waals surface area contributed by atoms with E-state index in [0.717, 1.165) is 12.0 Å². The van der Waals surface area contributed by atoms with Gasteiger partial charge in [-0.05, 0) is 24.6 Å². The third kappa shape index (κ3) is 3.04. The number of carbonyl (C=O) groups excluding carboxylic acids is 2. The number of benzene rings is 1. The molecular weight excluding hydrogens is 328 g/mol. The molecule has 0 radical (unpaired) electrons. The quantitative estimate of drug-likeness (QED) is 0.895. The van der Waals surface area contributed by atoms with Crippen LogP contribution in [-0.2, 0) is 9.53 Å². The zero-order valence-corrected chi connectivity index (χ0v) is 14.1. The molecule has 1 aliphatic carbocycles. The predicted octanol–water partition coefficient (Wildman–Crippen LogP) is 3.09. The van der Waals surface area contributed by atoms with Gasteiger partial charge in [0.25, 0.3) is 5.91 Å². The van der Waals surface area contributed by atoms with E-state index in [9.17, 15) is 9.59 Å². The standard InChI is InChI=1S/C21H18N2O3/c24-17-9-5-4-8-16(17)19-18-14(11-13-26-19)10-12-22-20(18)23-21(25)15-6-2-1-3-7-15/h1-8,10,12,14H,9,11,13H2,(H,22,23,25). The number of fused-ring (bicyclic) bond motifs is 1. The number of nitrogens with zero attached hydrogens (tertiary/aromatic N) is 1. The van der Waals surface area contributed by atoms with Crippen molar-refractivity contribution in [3.05, 3.63) is 83.3 Å². The van der Waals surface area contributed by atoms with E-state index < -0.39 is 0 Å². The summed E-state index contributed by atoms with van der Waals surface area (Å²) in [6.45, 7) is 0.530. The van der Waals surface area contributed by atoms with Crippen LogP contribution in [0.4, 0.5) is 0 Å². The minimum atomic E-state index is -0.236. The van der Waals surface area contributed by atoms with Crippen LogP contribution in [0, 0.1) is 5.92 Å². The van der Waals surface area contributed by atoms with Gasteiger partial charge >= 0.3 is 0 Å². The Morgan fingerprint density at radius 3 is 2.88 bits per heavy atom. The fourth-order valence-electron chi connectivity index (χ4n) is 3.28. The summed E-state index contributed by atoms with van der Waals surface area (Å²) in [5.41, 5.74) is 1.87. The summed E-state index contributed by atoms with van der Waals surface area (Å²) >= 11 is 0. The van der Waals surface area contributed by atoms with Crippen LogP contribution in [0.2, 0.25) is 0 Å². The monoisotopic (exact) mass is 346 g/mol. The number of hydrogen-bond acceptors (Lipinski definition) is 4. The van der Waals surface area contributed by atoms with Crippen molar-refractivity contribution < 1.29 is 14.3 Å². The van der Waals surface area contributed by atoms with Crippen molar-refractivity contribution in [2.75, 3.05) is 6.61 Å². The van der Waals surface area contributed by atoms with E-state index in [-0.39, 0.29) is 17.6 Å². The lowest BCUT2D eigenvalue weighted by atomic mass is 9.86. The van der Waals surface area contributed by atoms with Crippen molar-refractivity contribution in [1.29, 1.82) is 0 Å². The molecule has 1 atom stereocenters. The molecule has 1 N–H and O–H groups in total. The summed E-state index contributed by atoms with van der Waals surface area (Å²) in [6.07, 6.45) is 10.3. The van der Waals surface area contributed by atoms with E-state index in [1.807, 2.05) is 36.4 Å². The highest BCUT2D eigenvalue weighted by atomic mass is 16.5. The SMILES string of the molecule is O=C1CC=CC=C1C1=C2C(NC(=O)c3ccccc3)=NC=CC2CCO1. The summed E-state index contributed by atoms with van der Waals surface area (Å²) < 4.78 is 5.87. The molecule has 0 fully saturated rings. The number of amidine groups is 1. The summed E-state index contributed by atoms with van der Waals surface area (Å²) in [4.78, 5) is 29.3. The largest absolute Gasteiger partial charge is 0.492 e. The third-order valence-electron chi connectivity index (χ3n) is 4.58. The Morgan fingerprint density at radius 1 is 1.23 bits per heavy atom. The molecule has 3 aliphatic rings. The number of aliphatic imine (C=N–C) groups is 1. The fraction of sp³-hybridized carbons (Fsp3) is 0.190. The molecule has 4 rings (SSSR count). The van der Waals surface area contributed by atoms with E-state index in [4.69, 9.17) is 4.74 Å². The summed E-state index contributed by atoms with van der Waals surface area (Å²) in [6, 6.07) is 8.98. The van der Waals surface area contributed by atoms with Crippen molar-refractivity contribution in [3.63, 3.8) is 0 Å². The zero-order valence-electron chi connectivity index (χ0n) is 14.1. The van der Waals surface area contributed by atoms with Crippen LogP contribution in [0.3, 0.4) is 0 Å². The van der Waals surface area contributed by atoms with Gasteiger partial charge in [-0.1, -0.05) is 36.4 Å². The van der Waals surface area contributed by atoms with E-state index in [1.165, 1.54) is 0 Å². The first-order valence-corrected chi connectivity index (χ1v) is 8.62. The summed E-state index contributed by atoms with van der Waals surface area (Å²) in [7, 11) is 0. The minimum absolute atomic E-state index is 0.0129. The topological polar surface area (TPSA) is 67.8 Å². The molecule has 26 heavy (non-hydrogen) atoms. The molecule has 0 saturated carbocycles. The fourth-order valence-corrected chi connectivity index (χ4v) is 3.28. The van der Waals surface area contributed by atoms with Crippen molar-refractivity contribution in [2.45, 2.75) is 12.8 Å². The van der Waals surface area contributed by atoms with Gasteiger partial charge in [-0.3, -0.25) is 9.59 Å². The molecule has 5 heteroatoms. The molecule has 5 nitrogen and oxygen atoms in total. The Balaban J connectivity index is 1.72. The number of amides is 1. The van der Waals surface area contributed by atoms with Crippen molar-refractivity contribution in [3.8, 4) is 0 Å². The van der Waals surface area contributed by atoms with Gasteiger partial charge in [-0.15, -0.1) is 0 Å². The first kappa shape index (κ1) is 16.3. The molecule has 1 unspecified atom stereocenters. The number of nitrogens with one attached hydrogen (secondary N) is 1. The van der Waals surface area contributed by atoms with E-state index in [0.29, 0.717) is 35.8 Å². The molecular formula is C21H18N2O3. The smallest absolute Gasteiger partial charge is 0.256 e. The van der Waals surface area contributed by atoms with Crippen LogP contribution in [-0.4, -0.2) is 24.1 Å². The Morgan fingerprint density at radius 2 is 2.08 bits per heavy atom. The van der Waals surface area contributed by atoms with Crippen LogP contribution in [0.1, 0.15) is 23.2 Å². The molecule has 2 heterocycles. The normalized spacial score (nSPS) is 21.5. The maximum absolute atomic E-state index is 12.6. The second kappa shape index (κ2) is 6.96. The summed E-state index contributed by atoms with van der Waals surface area (Å²) in [5.74, 6) is 0.830. The maximum atomic E-state index is 12.6. The minimum Gasteiger partial charge on any atom is -0.492 e. The van der Waals surface area contributed by atoms with Crippen molar-refractivity contribution in [2.24, 2.45) is 10.9 Å². The highest BCUT2D eigenvalue weighted by Gasteiger charge is 2.33. The number of ketones is 1. The third-order valence-corrected chi connectivity index (χ3v) is 4.58. The van der Waals surface area contributed by atoms with Gasteiger partial charge in [0.05, 0.1) is 12.2 Å². The van der Waals surface area contributed by atoms with Gasteiger partial charge in [-0.25, -0.2) is 4.99 Å². The number of carbonyl (C=O) groups is 2. The summed E-state index contributed by atoms with van der Waals surface area (Å²) in [5, 5.41) is 2.88. The van der Waals surface area contributed by atoms with Gasteiger partial charge in [0.2, 0.25) is 0 Å². The highest BCUT2D eigenvalue weighted by molar-refractivity contribution is 6.15. The number of rotatable bonds is 2. The van der Waals surface area contributed by atoms with E-state index in [1.54, 1.807) is 24.4 Å².